The van der Waals surface area contributed by atoms with Crippen LogP contribution >= 0.6 is 0 Å². The second-order valence-electron chi connectivity index (χ2n) is 8.74. The van der Waals surface area contributed by atoms with Gasteiger partial charge in [-0.25, -0.2) is 0 Å². The molecule has 0 saturated heterocycles. The SMILES string of the molecule is CC(C)N(CC(=O)N(Cc1ccco1)Cc1cccn1C)C(=O)CCC1CCCC1. The molecule has 0 atom stereocenters. The molecule has 6 nitrogen and oxygen atoms in total. The molecule has 0 spiro atoms. The van der Waals surface area contributed by atoms with E-state index in [2.05, 4.69) is 0 Å². The maximum absolute atomic E-state index is 13.3. The Morgan fingerprint density at radius 1 is 1.13 bits per heavy atom. The Balaban J connectivity index is 1.65. The normalized spacial score (nSPS) is 14.4. The van der Waals surface area contributed by atoms with E-state index in [1.54, 1.807) is 16.1 Å². The minimum atomic E-state index is -0.0597. The number of hydrogen-bond donors (Lipinski definition) is 0. The first-order valence-electron chi connectivity index (χ1n) is 11.1. The van der Waals surface area contributed by atoms with Gasteiger partial charge in [-0.2, -0.15) is 0 Å². The molecule has 0 N–H and O–H groups in total. The quantitative estimate of drug-likeness (QED) is 0.582. The maximum Gasteiger partial charge on any atom is 0.242 e. The van der Waals surface area contributed by atoms with Crippen LogP contribution in [0.4, 0.5) is 0 Å². The molecule has 30 heavy (non-hydrogen) atoms. The van der Waals surface area contributed by atoms with Crippen molar-refractivity contribution in [3.63, 3.8) is 0 Å². The van der Waals surface area contributed by atoms with E-state index < -0.39 is 0 Å². The molecule has 3 rings (SSSR count). The third-order valence-corrected chi connectivity index (χ3v) is 6.17. The van der Waals surface area contributed by atoms with Crippen molar-refractivity contribution >= 4 is 11.8 Å². The van der Waals surface area contributed by atoms with Crippen LogP contribution in [0.1, 0.15) is 63.8 Å². The molecule has 0 aromatic carbocycles. The van der Waals surface area contributed by atoms with Crippen LogP contribution in [0.5, 0.6) is 0 Å². The molecule has 0 unspecified atom stereocenters. The Hall–Kier alpha value is -2.50. The van der Waals surface area contributed by atoms with Gasteiger partial charge in [-0.05, 0) is 50.5 Å². The van der Waals surface area contributed by atoms with Gasteiger partial charge in [0.15, 0.2) is 0 Å². The lowest BCUT2D eigenvalue weighted by Gasteiger charge is -2.30. The molecule has 0 bridgehead atoms. The number of carbonyl (C=O) groups excluding carboxylic acids is 2. The summed E-state index contributed by atoms with van der Waals surface area (Å²) in [5.74, 6) is 1.44. The molecule has 2 aromatic rings. The lowest BCUT2D eigenvalue weighted by Crippen LogP contribution is -2.45. The molecule has 0 radical (unpaired) electrons. The topological polar surface area (TPSA) is 58.7 Å². The van der Waals surface area contributed by atoms with Crippen molar-refractivity contribution in [2.75, 3.05) is 6.54 Å². The lowest BCUT2D eigenvalue weighted by atomic mass is 10.0. The molecule has 2 aromatic heterocycles. The van der Waals surface area contributed by atoms with E-state index in [1.807, 2.05) is 55.9 Å². The Kier molecular flexibility index (Phi) is 7.77. The molecule has 1 fully saturated rings. The highest BCUT2D eigenvalue weighted by molar-refractivity contribution is 5.85. The highest BCUT2D eigenvalue weighted by Gasteiger charge is 2.25. The fourth-order valence-electron chi connectivity index (χ4n) is 4.25. The highest BCUT2D eigenvalue weighted by atomic mass is 16.3. The minimum Gasteiger partial charge on any atom is -0.467 e. The zero-order valence-corrected chi connectivity index (χ0v) is 18.5. The predicted molar refractivity (Wildman–Crippen MR) is 116 cm³/mol. The fourth-order valence-corrected chi connectivity index (χ4v) is 4.25. The smallest absolute Gasteiger partial charge is 0.242 e. The number of nitrogens with zero attached hydrogens (tertiary/aromatic N) is 3. The van der Waals surface area contributed by atoms with Crippen LogP contribution in [0, 0.1) is 5.92 Å². The first kappa shape index (κ1) is 22.2. The van der Waals surface area contributed by atoms with Gasteiger partial charge in [0, 0.05) is 31.4 Å². The zero-order chi connectivity index (χ0) is 21.5. The van der Waals surface area contributed by atoms with Crippen molar-refractivity contribution in [1.82, 2.24) is 14.4 Å². The number of amides is 2. The second kappa shape index (κ2) is 10.5. The van der Waals surface area contributed by atoms with E-state index in [0.717, 1.165) is 17.9 Å². The van der Waals surface area contributed by atoms with Gasteiger partial charge in [-0.3, -0.25) is 9.59 Å². The molecular formula is C24H35N3O3. The molecule has 2 heterocycles. The van der Waals surface area contributed by atoms with Crippen molar-refractivity contribution in [3.8, 4) is 0 Å². The summed E-state index contributed by atoms with van der Waals surface area (Å²) in [5, 5.41) is 0. The van der Waals surface area contributed by atoms with Crippen molar-refractivity contribution in [2.45, 2.75) is 71.5 Å². The third kappa shape index (κ3) is 6.00. The van der Waals surface area contributed by atoms with Gasteiger partial charge in [0.25, 0.3) is 0 Å². The van der Waals surface area contributed by atoms with E-state index in [1.165, 1.54) is 25.7 Å². The largest absolute Gasteiger partial charge is 0.467 e. The van der Waals surface area contributed by atoms with Gasteiger partial charge in [0.2, 0.25) is 11.8 Å². The molecule has 0 aliphatic heterocycles. The number of carbonyl (C=O) groups is 2. The number of hydrogen-bond acceptors (Lipinski definition) is 3. The summed E-state index contributed by atoms with van der Waals surface area (Å²) in [4.78, 5) is 29.7. The van der Waals surface area contributed by atoms with Crippen LogP contribution < -0.4 is 0 Å². The Bertz CT molecular complexity index is 804. The summed E-state index contributed by atoms with van der Waals surface area (Å²) < 4.78 is 7.49. The van der Waals surface area contributed by atoms with Gasteiger partial charge in [0.05, 0.1) is 19.4 Å². The van der Waals surface area contributed by atoms with Gasteiger partial charge >= 0.3 is 0 Å². The summed E-state index contributed by atoms with van der Waals surface area (Å²) in [7, 11) is 1.97. The average Bonchev–Trinajstić information content (AvgIpc) is 3.47. The summed E-state index contributed by atoms with van der Waals surface area (Å²) >= 11 is 0. The van der Waals surface area contributed by atoms with Gasteiger partial charge in [-0.1, -0.05) is 25.7 Å². The average molecular weight is 414 g/mol. The summed E-state index contributed by atoms with van der Waals surface area (Å²) in [6, 6.07) is 7.67. The van der Waals surface area contributed by atoms with Crippen LogP contribution in [0.2, 0.25) is 0 Å². The van der Waals surface area contributed by atoms with Gasteiger partial charge in [-0.15, -0.1) is 0 Å². The van der Waals surface area contributed by atoms with E-state index >= 15 is 0 Å². The van der Waals surface area contributed by atoms with Crippen LogP contribution in [-0.2, 0) is 29.7 Å². The van der Waals surface area contributed by atoms with Crippen LogP contribution in [0.25, 0.3) is 0 Å². The zero-order valence-electron chi connectivity index (χ0n) is 18.5. The van der Waals surface area contributed by atoms with Crippen molar-refractivity contribution in [2.24, 2.45) is 13.0 Å². The first-order valence-corrected chi connectivity index (χ1v) is 11.1. The number of aromatic nitrogens is 1. The van der Waals surface area contributed by atoms with Crippen LogP contribution in [0.3, 0.4) is 0 Å². The summed E-state index contributed by atoms with van der Waals surface area (Å²) in [5.41, 5.74) is 1.04. The Morgan fingerprint density at radius 2 is 1.90 bits per heavy atom. The molecule has 1 aliphatic carbocycles. The van der Waals surface area contributed by atoms with Crippen molar-refractivity contribution in [3.05, 3.63) is 48.2 Å². The van der Waals surface area contributed by atoms with E-state index in [-0.39, 0.29) is 24.4 Å². The monoisotopic (exact) mass is 413 g/mol. The van der Waals surface area contributed by atoms with Crippen molar-refractivity contribution in [1.29, 1.82) is 0 Å². The number of furan rings is 1. The fraction of sp³-hybridized carbons (Fsp3) is 0.583. The molecular weight excluding hydrogens is 378 g/mol. The Labute approximate surface area is 179 Å². The number of rotatable bonds is 10. The molecule has 1 aliphatic rings. The van der Waals surface area contributed by atoms with E-state index in [4.69, 9.17) is 4.42 Å². The van der Waals surface area contributed by atoms with E-state index in [9.17, 15) is 9.59 Å². The molecule has 6 heteroatoms. The van der Waals surface area contributed by atoms with Crippen molar-refractivity contribution < 1.29 is 14.0 Å². The number of aryl methyl sites for hydroxylation is 1. The standard InChI is InChI=1S/C24H35N3O3/c1-19(2)27(23(28)13-12-20-8-4-5-9-20)18-24(29)26(17-22-11-7-15-30-22)16-21-10-6-14-25(21)3/h6-7,10-11,14-15,19-20H,4-5,8-9,12-13,16-18H2,1-3H3. The minimum absolute atomic E-state index is 0.00877. The molecule has 1 saturated carbocycles. The Morgan fingerprint density at radius 3 is 2.50 bits per heavy atom. The summed E-state index contributed by atoms with van der Waals surface area (Å²) in [6.07, 6.45) is 10.1. The highest BCUT2D eigenvalue weighted by Crippen LogP contribution is 2.28. The molecule has 2 amide bonds. The lowest BCUT2D eigenvalue weighted by molar-refractivity contribution is -0.143. The third-order valence-electron chi connectivity index (χ3n) is 6.17. The summed E-state index contributed by atoms with van der Waals surface area (Å²) in [6.45, 7) is 4.93. The van der Waals surface area contributed by atoms with Gasteiger partial charge < -0.3 is 18.8 Å². The second-order valence-corrected chi connectivity index (χ2v) is 8.74. The van der Waals surface area contributed by atoms with E-state index in [0.29, 0.717) is 25.4 Å². The van der Waals surface area contributed by atoms with Gasteiger partial charge in [0.1, 0.15) is 12.3 Å². The maximum atomic E-state index is 13.3. The molecule has 164 valence electrons. The predicted octanol–water partition coefficient (Wildman–Crippen LogP) is 4.35. The van der Waals surface area contributed by atoms with Crippen LogP contribution in [-0.4, -0.2) is 38.8 Å². The first-order chi connectivity index (χ1) is 14.4. The van der Waals surface area contributed by atoms with Crippen LogP contribution in [0.15, 0.2) is 41.1 Å².